The van der Waals surface area contributed by atoms with Crippen LogP contribution in [0.3, 0.4) is 0 Å². The summed E-state index contributed by atoms with van der Waals surface area (Å²) in [7, 11) is 0. The van der Waals surface area contributed by atoms with Gasteiger partial charge in [-0.1, -0.05) is 12.2 Å². The topological polar surface area (TPSA) is 21.6 Å². The molecule has 0 radical (unpaired) electrons. The number of ether oxygens (including phenoxy) is 1. The fourth-order valence-corrected chi connectivity index (χ4v) is 1.83. The standard InChI is InChI=1S/C9H12ClNO/c10-6-8-4-3-7-2-1-5-11-9(7)12-8/h1-2,7-8H,3-6H2. The van der Waals surface area contributed by atoms with Crippen molar-refractivity contribution < 1.29 is 4.74 Å². The molecule has 2 aliphatic rings. The molecule has 0 spiro atoms. The lowest BCUT2D eigenvalue weighted by Crippen LogP contribution is -2.32. The van der Waals surface area contributed by atoms with Crippen LogP contribution in [0, 0.1) is 5.92 Å². The molecule has 2 unspecified atom stereocenters. The van der Waals surface area contributed by atoms with Gasteiger partial charge in [-0.05, 0) is 12.8 Å². The second-order valence-corrected chi connectivity index (χ2v) is 3.49. The molecule has 0 aromatic rings. The third kappa shape index (κ3) is 1.48. The van der Waals surface area contributed by atoms with Crippen LogP contribution in [0.25, 0.3) is 0 Å². The predicted molar refractivity (Wildman–Crippen MR) is 49.8 cm³/mol. The van der Waals surface area contributed by atoms with Crippen molar-refractivity contribution in [2.24, 2.45) is 10.9 Å². The van der Waals surface area contributed by atoms with Crippen molar-refractivity contribution in [3.8, 4) is 0 Å². The fraction of sp³-hybridized carbons (Fsp3) is 0.667. The van der Waals surface area contributed by atoms with Crippen molar-refractivity contribution in [3.05, 3.63) is 12.2 Å². The van der Waals surface area contributed by atoms with Gasteiger partial charge in [0.05, 0.1) is 18.3 Å². The molecule has 66 valence electrons. The van der Waals surface area contributed by atoms with Crippen molar-refractivity contribution in [1.29, 1.82) is 0 Å². The highest BCUT2D eigenvalue weighted by Gasteiger charge is 2.26. The molecule has 0 bridgehead atoms. The highest BCUT2D eigenvalue weighted by atomic mass is 35.5. The van der Waals surface area contributed by atoms with Crippen LogP contribution < -0.4 is 0 Å². The number of hydrogen-bond acceptors (Lipinski definition) is 2. The van der Waals surface area contributed by atoms with E-state index in [4.69, 9.17) is 16.3 Å². The summed E-state index contributed by atoms with van der Waals surface area (Å²) in [6.45, 7) is 0.765. The molecule has 0 aromatic carbocycles. The summed E-state index contributed by atoms with van der Waals surface area (Å²) >= 11 is 5.71. The average Bonchev–Trinajstić information content (AvgIpc) is 2.17. The van der Waals surface area contributed by atoms with E-state index in [0.717, 1.165) is 25.3 Å². The van der Waals surface area contributed by atoms with Crippen molar-refractivity contribution in [3.63, 3.8) is 0 Å². The summed E-state index contributed by atoms with van der Waals surface area (Å²) in [4.78, 5) is 4.30. The van der Waals surface area contributed by atoms with Crippen LogP contribution in [0.2, 0.25) is 0 Å². The van der Waals surface area contributed by atoms with Crippen LogP contribution in [-0.2, 0) is 4.74 Å². The summed E-state index contributed by atoms with van der Waals surface area (Å²) in [5.74, 6) is 1.91. The molecule has 3 heteroatoms. The Bertz CT molecular complexity index is 225. The highest BCUT2D eigenvalue weighted by molar-refractivity contribution is 6.18. The first kappa shape index (κ1) is 8.11. The van der Waals surface area contributed by atoms with Crippen molar-refractivity contribution in [1.82, 2.24) is 0 Å². The zero-order valence-electron chi connectivity index (χ0n) is 6.87. The van der Waals surface area contributed by atoms with Crippen molar-refractivity contribution in [2.45, 2.75) is 18.9 Å². The Labute approximate surface area is 77.3 Å². The average molecular weight is 186 g/mol. The molecule has 1 saturated heterocycles. The first-order valence-corrected chi connectivity index (χ1v) is 4.87. The summed E-state index contributed by atoms with van der Waals surface area (Å²) < 4.78 is 5.61. The van der Waals surface area contributed by atoms with Gasteiger partial charge in [-0.2, -0.15) is 0 Å². The number of rotatable bonds is 1. The normalized spacial score (nSPS) is 33.6. The SMILES string of the molecule is ClCC1CCC2C=CCN=C2O1. The lowest BCUT2D eigenvalue weighted by molar-refractivity contribution is 0.154. The van der Waals surface area contributed by atoms with E-state index in [9.17, 15) is 0 Å². The molecular weight excluding hydrogens is 174 g/mol. The molecule has 0 N–H and O–H groups in total. The van der Waals surface area contributed by atoms with Crippen LogP contribution >= 0.6 is 11.6 Å². The maximum atomic E-state index is 5.71. The second kappa shape index (κ2) is 3.48. The molecule has 2 aliphatic heterocycles. The Kier molecular flexibility index (Phi) is 2.35. The van der Waals surface area contributed by atoms with Crippen LogP contribution in [0.5, 0.6) is 0 Å². The number of fused-ring (bicyclic) bond motifs is 1. The molecule has 2 nitrogen and oxygen atoms in total. The third-order valence-electron chi connectivity index (χ3n) is 2.30. The molecule has 2 heterocycles. The number of halogens is 1. The minimum absolute atomic E-state index is 0.188. The van der Waals surface area contributed by atoms with E-state index in [1.165, 1.54) is 0 Å². The maximum absolute atomic E-state index is 5.71. The first-order chi connectivity index (χ1) is 5.90. The molecule has 0 saturated carbocycles. The van der Waals surface area contributed by atoms with Crippen molar-refractivity contribution in [2.75, 3.05) is 12.4 Å². The van der Waals surface area contributed by atoms with Gasteiger partial charge in [-0.15, -0.1) is 11.6 Å². The van der Waals surface area contributed by atoms with E-state index < -0.39 is 0 Å². The lowest BCUT2D eigenvalue weighted by Gasteiger charge is -2.29. The molecule has 2 atom stereocenters. The summed E-state index contributed by atoms with van der Waals surface area (Å²) in [6, 6.07) is 0. The van der Waals surface area contributed by atoms with Gasteiger partial charge < -0.3 is 4.74 Å². The Morgan fingerprint density at radius 3 is 3.33 bits per heavy atom. The van der Waals surface area contributed by atoms with Gasteiger partial charge in [0, 0.05) is 0 Å². The summed E-state index contributed by atoms with van der Waals surface area (Å²) in [6.07, 6.45) is 6.66. The Morgan fingerprint density at radius 1 is 1.58 bits per heavy atom. The van der Waals surface area contributed by atoms with Gasteiger partial charge in [0.25, 0.3) is 0 Å². The van der Waals surface area contributed by atoms with Crippen LogP contribution in [-0.4, -0.2) is 24.4 Å². The highest BCUT2D eigenvalue weighted by Crippen LogP contribution is 2.24. The van der Waals surface area contributed by atoms with Crippen LogP contribution in [0.15, 0.2) is 17.1 Å². The molecule has 0 aliphatic carbocycles. The van der Waals surface area contributed by atoms with Gasteiger partial charge in [0.2, 0.25) is 0 Å². The third-order valence-corrected chi connectivity index (χ3v) is 2.64. The fourth-order valence-electron chi connectivity index (χ4n) is 1.62. The van der Waals surface area contributed by atoms with Crippen LogP contribution in [0.1, 0.15) is 12.8 Å². The first-order valence-electron chi connectivity index (χ1n) is 4.34. The molecule has 0 amide bonds. The quantitative estimate of drug-likeness (QED) is 0.452. The van der Waals surface area contributed by atoms with Gasteiger partial charge in [-0.25, -0.2) is 0 Å². The van der Waals surface area contributed by atoms with Gasteiger partial charge >= 0.3 is 0 Å². The minimum Gasteiger partial charge on any atom is -0.476 e. The number of alkyl halides is 1. The zero-order valence-corrected chi connectivity index (χ0v) is 7.63. The smallest absolute Gasteiger partial charge is 0.190 e. The number of dihydropyridines is 1. The lowest BCUT2D eigenvalue weighted by atomic mass is 9.96. The van der Waals surface area contributed by atoms with E-state index in [1.807, 2.05) is 0 Å². The molecule has 1 fully saturated rings. The number of hydrogen-bond donors (Lipinski definition) is 0. The Balaban J connectivity index is 2.04. The molecular formula is C9H12ClNO. The molecule has 2 rings (SSSR count). The Morgan fingerprint density at radius 2 is 2.50 bits per heavy atom. The maximum Gasteiger partial charge on any atom is 0.190 e. The van der Waals surface area contributed by atoms with Gasteiger partial charge in [0.1, 0.15) is 6.10 Å². The largest absolute Gasteiger partial charge is 0.476 e. The second-order valence-electron chi connectivity index (χ2n) is 3.19. The monoisotopic (exact) mass is 185 g/mol. The van der Waals surface area contributed by atoms with Crippen LogP contribution in [0.4, 0.5) is 0 Å². The summed E-state index contributed by atoms with van der Waals surface area (Å²) in [5.41, 5.74) is 0. The predicted octanol–water partition coefficient (Wildman–Crippen LogP) is 1.99. The van der Waals surface area contributed by atoms with Crippen molar-refractivity contribution >= 4 is 17.5 Å². The number of nitrogens with zero attached hydrogens (tertiary/aromatic N) is 1. The van der Waals surface area contributed by atoms with E-state index in [1.54, 1.807) is 0 Å². The van der Waals surface area contributed by atoms with E-state index >= 15 is 0 Å². The van der Waals surface area contributed by atoms with E-state index in [-0.39, 0.29) is 6.10 Å². The molecule has 12 heavy (non-hydrogen) atoms. The minimum atomic E-state index is 0.188. The zero-order chi connectivity index (χ0) is 8.39. The Hall–Kier alpha value is -0.500. The molecule has 0 aromatic heterocycles. The van der Waals surface area contributed by atoms with E-state index in [2.05, 4.69) is 17.1 Å². The van der Waals surface area contributed by atoms with Gasteiger partial charge in [0.15, 0.2) is 5.90 Å². The summed E-state index contributed by atoms with van der Waals surface area (Å²) in [5, 5.41) is 0. The van der Waals surface area contributed by atoms with Gasteiger partial charge in [-0.3, -0.25) is 4.99 Å². The number of aliphatic imine (C=N–C) groups is 1. The van der Waals surface area contributed by atoms with E-state index in [0.29, 0.717) is 11.8 Å².